The molecule has 18 heavy (non-hydrogen) atoms. The van der Waals surface area contributed by atoms with E-state index >= 15 is 0 Å². The molecule has 0 spiro atoms. The third-order valence-corrected chi connectivity index (χ3v) is 4.69. The van der Waals surface area contributed by atoms with E-state index in [1.54, 1.807) is 12.1 Å². The monoisotopic (exact) mass is 329 g/mol. The fourth-order valence-electron chi connectivity index (χ4n) is 2.30. The van der Waals surface area contributed by atoms with Crippen LogP contribution in [0.1, 0.15) is 36.0 Å². The van der Waals surface area contributed by atoms with Crippen LogP contribution in [-0.4, -0.2) is 17.3 Å². The van der Waals surface area contributed by atoms with E-state index in [9.17, 15) is 4.79 Å². The largest absolute Gasteiger partial charge is 0.352 e. The van der Waals surface area contributed by atoms with Gasteiger partial charge in [-0.25, -0.2) is 0 Å². The van der Waals surface area contributed by atoms with Gasteiger partial charge in [0.05, 0.1) is 10.6 Å². The Labute approximate surface area is 121 Å². The Balaban J connectivity index is 1.84. The Hall–Kier alpha value is -0.540. The number of benzene rings is 1. The first kappa shape index (κ1) is 13.9. The second-order valence-electron chi connectivity index (χ2n) is 4.81. The fourth-order valence-corrected chi connectivity index (χ4v) is 3.05. The second-order valence-corrected chi connectivity index (χ2v) is 6.51. The lowest BCUT2D eigenvalue weighted by molar-refractivity contribution is 0.0944. The number of halogens is 2. The van der Waals surface area contributed by atoms with Crippen molar-refractivity contribution in [2.45, 2.75) is 30.5 Å². The number of hydrogen-bond donors (Lipinski definition) is 1. The first-order valence-electron chi connectivity index (χ1n) is 6.33. The van der Waals surface area contributed by atoms with Gasteiger partial charge < -0.3 is 5.32 Å². The van der Waals surface area contributed by atoms with Crippen molar-refractivity contribution in [2.75, 3.05) is 6.54 Å². The molecule has 0 bridgehead atoms. The van der Waals surface area contributed by atoms with Crippen LogP contribution in [0.2, 0.25) is 5.02 Å². The minimum atomic E-state index is -0.0680. The van der Waals surface area contributed by atoms with Crippen LogP contribution in [0.4, 0.5) is 0 Å². The van der Waals surface area contributed by atoms with Gasteiger partial charge in [0.1, 0.15) is 0 Å². The summed E-state index contributed by atoms with van der Waals surface area (Å²) in [7, 11) is 0. The molecule has 0 atom stereocenters. The molecule has 0 aliphatic heterocycles. The topological polar surface area (TPSA) is 29.1 Å². The summed E-state index contributed by atoms with van der Waals surface area (Å²) in [5.41, 5.74) is 0.563. The Morgan fingerprint density at radius 3 is 2.61 bits per heavy atom. The molecule has 0 unspecified atom stereocenters. The molecule has 1 aromatic rings. The van der Waals surface area contributed by atoms with Crippen LogP contribution in [-0.2, 0) is 0 Å². The van der Waals surface area contributed by atoms with Gasteiger partial charge in [0, 0.05) is 11.4 Å². The summed E-state index contributed by atoms with van der Waals surface area (Å²) < 4.78 is 0. The number of rotatable bonds is 3. The highest BCUT2D eigenvalue weighted by Crippen LogP contribution is 2.28. The molecule has 1 saturated carbocycles. The van der Waals surface area contributed by atoms with E-state index in [2.05, 4.69) is 21.2 Å². The first-order valence-corrected chi connectivity index (χ1v) is 7.63. The quantitative estimate of drug-likeness (QED) is 0.833. The first-order chi connectivity index (χ1) is 8.66. The molecule has 1 N–H and O–H groups in total. The number of nitrogens with one attached hydrogen (secondary N) is 1. The number of alkyl halides is 1. The van der Waals surface area contributed by atoms with Gasteiger partial charge in [0.2, 0.25) is 0 Å². The van der Waals surface area contributed by atoms with Gasteiger partial charge in [-0.2, -0.15) is 0 Å². The minimum Gasteiger partial charge on any atom is -0.352 e. The van der Waals surface area contributed by atoms with E-state index in [4.69, 9.17) is 11.6 Å². The van der Waals surface area contributed by atoms with Crippen LogP contribution in [0.3, 0.4) is 0 Å². The van der Waals surface area contributed by atoms with Crippen molar-refractivity contribution in [3.05, 3.63) is 34.9 Å². The summed E-state index contributed by atoms with van der Waals surface area (Å²) in [4.78, 5) is 12.6. The SMILES string of the molecule is O=C(NCC1CCC(Br)CC1)c1ccccc1Cl. The molecular weight excluding hydrogens is 314 g/mol. The molecule has 98 valence electrons. The molecular formula is C14H17BrClNO. The Kier molecular flexibility index (Phi) is 5.07. The van der Waals surface area contributed by atoms with Crippen LogP contribution in [0.15, 0.2) is 24.3 Å². The van der Waals surface area contributed by atoms with Crippen molar-refractivity contribution in [3.8, 4) is 0 Å². The van der Waals surface area contributed by atoms with Crippen LogP contribution < -0.4 is 5.32 Å². The number of hydrogen-bond acceptors (Lipinski definition) is 1. The molecule has 1 aromatic carbocycles. The van der Waals surface area contributed by atoms with Gasteiger partial charge in [-0.05, 0) is 43.7 Å². The predicted molar refractivity (Wildman–Crippen MR) is 78.5 cm³/mol. The maximum absolute atomic E-state index is 12.0. The van der Waals surface area contributed by atoms with Crippen molar-refractivity contribution in [1.29, 1.82) is 0 Å². The van der Waals surface area contributed by atoms with E-state index in [0.717, 1.165) is 6.54 Å². The second kappa shape index (κ2) is 6.58. The van der Waals surface area contributed by atoms with Crippen molar-refractivity contribution in [2.24, 2.45) is 5.92 Å². The number of carbonyl (C=O) groups excluding carboxylic acids is 1. The molecule has 1 amide bonds. The summed E-state index contributed by atoms with van der Waals surface area (Å²) in [5.74, 6) is 0.534. The molecule has 1 fully saturated rings. The molecule has 1 aliphatic carbocycles. The maximum Gasteiger partial charge on any atom is 0.252 e. The van der Waals surface area contributed by atoms with E-state index in [1.807, 2.05) is 12.1 Å². The Morgan fingerprint density at radius 2 is 1.94 bits per heavy atom. The molecule has 0 radical (unpaired) electrons. The fraction of sp³-hybridized carbons (Fsp3) is 0.500. The molecule has 4 heteroatoms. The summed E-state index contributed by atoms with van der Waals surface area (Å²) in [6, 6.07) is 7.16. The van der Waals surface area contributed by atoms with Crippen LogP contribution >= 0.6 is 27.5 Å². The smallest absolute Gasteiger partial charge is 0.252 e. The van der Waals surface area contributed by atoms with Crippen molar-refractivity contribution in [3.63, 3.8) is 0 Å². The average Bonchev–Trinajstić information content (AvgIpc) is 2.38. The lowest BCUT2D eigenvalue weighted by Crippen LogP contribution is -2.31. The highest BCUT2D eigenvalue weighted by molar-refractivity contribution is 9.09. The zero-order valence-corrected chi connectivity index (χ0v) is 12.5. The third-order valence-electron chi connectivity index (χ3n) is 3.45. The van der Waals surface area contributed by atoms with Crippen LogP contribution in [0.25, 0.3) is 0 Å². The summed E-state index contributed by atoms with van der Waals surface area (Å²) in [6.07, 6.45) is 4.76. The van der Waals surface area contributed by atoms with Crippen molar-refractivity contribution >= 4 is 33.4 Å². The lowest BCUT2D eigenvalue weighted by Gasteiger charge is -2.25. The molecule has 0 heterocycles. The molecule has 0 aromatic heterocycles. The molecule has 1 aliphatic rings. The Bertz CT molecular complexity index is 416. The lowest BCUT2D eigenvalue weighted by atomic mass is 9.89. The van der Waals surface area contributed by atoms with E-state index < -0.39 is 0 Å². The zero-order chi connectivity index (χ0) is 13.0. The van der Waals surface area contributed by atoms with E-state index in [1.165, 1.54) is 25.7 Å². The van der Waals surface area contributed by atoms with Gasteiger partial charge in [-0.3, -0.25) is 4.79 Å². The third kappa shape index (κ3) is 3.72. The van der Waals surface area contributed by atoms with Crippen LogP contribution in [0.5, 0.6) is 0 Å². The van der Waals surface area contributed by atoms with Crippen LogP contribution in [0, 0.1) is 5.92 Å². The average molecular weight is 331 g/mol. The minimum absolute atomic E-state index is 0.0680. The summed E-state index contributed by atoms with van der Waals surface area (Å²) >= 11 is 9.63. The summed E-state index contributed by atoms with van der Waals surface area (Å²) in [6.45, 7) is 0.754. The van der Waals surface area contributed by atoms with Crippen molar-refractivity contribution in [1.82, 2.24) is 5.32 Å². The highest BCUT2D eigenvalue weighted by atomic mass is 79.9. The van der Waals surface area contributed by atoms with Gasteiger partial charge >= 0.3 is 0 Å². The zero-order valence-electron chi connectivity index (χ0n) is 10.2. The maximum atomic E-state index is 12.0. The van der Waals surface area contributed by atoms with Gasteiger partial charge in [-0.1, -0.05) is 39.7 Å². The number of carbonyl (C=O) groups is 1. The molecule has 2 nitrogen and oxygen atoms in total. The molecule has 2 rings (SSSR count). The number of amides is 1. The molecule has 0 saturated heterocycles. The van der Waals surface area contributed by atoms with Gasteiger partial charge in [-0.15, -0.1) is 0 Å². The van der Waals surface area contributed by atoms with Crippen molar-refractivity contribution < 1.29 is 4.79 Å². The highest BCUT2D eigenvalue weighted by Gasteiger charge is 2.20. The van der Waals surface area contributed by atoms with E-state index in [0.29, 0.717) is 21.3 Å². The van der Waals surface area contributed by atoms with Gasteiger partial charge in [0.15, 0.2) is 0 Å². The van der Waals surface area contributed by atoms with Gasteiger partial charge in [0.25, 0.3) is 5.91 Å². The normalized spacial score (nSPS) is 23.7. The standard InChI is InChI=1S/C14H17BrClNO/c15-11-7-5-10(6-8-11)9-17-14(18)12-3-1-2-4-13(12)16/h1-4,10-11H,5-9H2,(H,17,18). The predicted octanol–water partition coefficient (Wildman–Crippen LogP) is 4.02. The Morgan fingerprint density at radius 1 is 1.28 bits per heavy atom. The van der Waals surface area contributed by atoms with E-state index in [-0.39, 0.29) is 5.91 Å². The summed E-state index contributed by atoms with van der Waals surface area (Å²) in [5, 5.41) is 3.50.